The lowest BCUT2D eigenvalue weighted by Crippen LogP contribution is -2.45. The molecule has 3 atom stereocenters. The molecule has 1 aromatic rings. The van der Waals surface area contributed by atoms with Gasteiger partial charge in [0.25, 0.3) is 0 Å². The summed E-state index contributed by atoms with van der Waals surface area (Å²) in [4.78, 5) is 19.1. The number of nitrogens with two attached hydrogens (primary N) is 1. The van der Waals surface area contributed by atoms with Crippen LogP contribution in [0.4, 0.5) is 0 Å². The smallest absolute Gasteiger partial charge is 0.226 e. The molecule has 3 unspecified atom stereocenters. The van der Waals surface area contributed by atoms with Crippen LogP contribution < -0.4 is 5.73 Å². The fraction of sp³-hybridized carbons (Fsp3) is 0.733. The second-order valence-electron chi connectivity index (χ2n) is 5.80. The van der Waals surface area contributed by atoms with Gasteiger partial charge in [-0.15, -0.1) is 11.3 Å². The van der Waals surface area contributed by atoms with Crippen molar-refractivity contribution in [2.45, 2.75) is 52.0 Å². The lowest BCUT2D eigenvalue weighted by atomic mass is 9.95. The van der Waals surface area contributed by atoms with E-state index in [1.54, 1.807) is 11.3 Å². The third-order valence-electron chi connectivity index (χ3n) is 4.19. The predicted octanol–water partition coefficient (Wildman–Crippen LogP) is 2.39. The number of thiazole rings is 1. The van der Waals surface area contributed by atoms with E-state index in [0.717, 1.165) is 38.0 Å². The van der Waals surface area contributed by atoms with Crippen molar-refractivity contribution in [2.75, 3.05) is 13.1 Å². The van der Waals surface area contributed by atoms with E-state index in [0.29, 0.717) is 5.92 Å². The van der Waals surface area contributed by atoms with Gasteiger partial charge in [-0.1, -0.05) is 13.8 Å². The highest BCUT2D eigenvalue weighted by Gasteiger charge is 2.30. The van der Waals surface area contributed by atoms with Gasteiger partial charge < -0.3 is 10.6 Å². The molecule has 20 heavy (non-hydrogen) atoms. The van der Waals surface area contributed by atoms with E-state index < -0.39 is 0 Å². The molecule has 1 fully saturated rings. The Kier molecular flexibility index (Phi) is 5.16. The zero-order valence-corrected chi connectivity index (χ0v) is 13.4. The summed E-state index contributed by atoms with van der Waals surface area (Å²) < 4.78 is 0. The summed E-state index contributed by atoms with van der Waals surface area (Å²) in [7, 11) is 0. The van der Waals surface area contributed by atoms with Gasteiger partial charge in [-0.3, -0.25) is 4.79 Å². The van der Waals surface area contributed by atoms with Crippen LogP contribution in [-0.2, 0) is 11.2 Å². The molecule has 1 aliphatic rings. The maximum Gasteiger partial charge on any atom is 0.226 e. The minimum Gasteiger partial charge on any atom is -0.342 e. The summed E-state index contributed by atoms with van der Waals surface area (Å²) in [5, 5.41) is 3.33. The summed E-state index contributed by atoms with van der Waals surface area (Å²) in [6, 6.07) is -0.0885. The third kappa shape index (κ3) is 3.38. The van der Waals surface area contributed by atoms with Crippen molar-refractivity contribution in [3.63, 3.8) is 0 Å². The second kappa shape index (κ2) is 6.68. The number of aryl methyl sites for hydroxylation is 1. The van der Waals surface area contributed by atoms with Gasteiger partial charge >= 0.3 is 0 Å². The largest absolute Gasteiger partial charge is 0.342 e. The molecule has 4 nitrogen and oxygen atoms in total. The maximum atomic E-state index is 12.4. The van der Waals surface area contributed by atoms with Crippen LogP contribution in [0.25, 0.3) is 0 Å². The Labute approximate surface area is 125 Å². The van der Waals surface area contributed by atoms with Crippen LogP contribution in [0.2, 0.25) is 0 Å². The molecule has 0 aromatic carbocycles. The zero-order valence-electron chi connectivity index (χ0n) is 12.6. The monoisotopic (exact) mass is 295 g/mol. The van der Waals surface area contributed by atoms with Crippen LogP contribution in [-0.4, -0.2) is 34.9 Å². The van der Waals surface area contributed by atoms with Crippen molar-refractivity contribution < 1.29 is 4.79 Å². The second-order valence-corrected chi connectivity index (χ2v) is 6.69. The zero-order chi connectivity index (χ0) is 14.7. The van der Waals surface area contributed by atoms with Gasteiger partial charge in [0.1, 0.15) is 0 Å². The Bertz CT molecular complexity index is 458. The number of amides is 1. The number of nitrogens with zero attached hydrogens (tertiary/aromatic N) is 2. The first-order valence-electron chi connectivity index (χ1n) is 7.51. The topological polar surface area (TPSA) is 59.2 Å². The SMILES string of the molecule is CCc1csc(C2CCCN(C(=O)C(C)C(C)N)C2)n1. The highest BCUT2D eigenvalue weighted by Crippen LogP contribution is 2.30. The van der Waals surface area contributed by atoms with Gasteiger partial charge in [0.05, 0.1) is 16.6 Å². The van der Waals surface area contributed by atoms with Gasteiger partial charge in [-0.25, -0.2) is 4.98 Å². The molecule has 112 valence electrons. The summed E-state index contributed by atoms with van der Waals surface area (Å²) in [5.74, 6) is 0.492. The lowest BCUT2D eigenvalue weighted by Gasteiger charge is -2.34. The highest BCUT2D eigenvalue weighted by atomic mass is 32.1. The van der Waals surface area contributed by atoms with Gasteiger partial charge in [0, 0.05) is 30.4 Å². The van der Waals surface area contributed by atoms with Crippen LogP contribution in [0.3, 0.4) is 0 Å². The van der Waals surface area contributed by atoms with Crippen molar-refractivity contribution in [1.29, 1.82) is 0 Å². The number of carbonyl (C=O) groups is 1. The van der Waals surface area contributed by atoms with E-state index in [1.807, 2.05) is 18.7 Å². The predicted molar refractivity (Wildman–Crippen MR) is 82.9 cm³/mol. The van der Waals surface area contributed by atoms with E-state index in [2.05, 4.69) is 17.3 Å². The average molecular weight is 295 g/mol. The standard InChI is InChI=1S/C15H25N3OS/c1-4-13-9-20-14(17-13)12-6-5-7-18(8-12)15(19)10(2)11(3)16/h9-12H,4-8,16H2,1-3H3. The van der Waals surface area contributed by atoms with E-state index >= 15 is 0 Å². The van der Waals surface area contributed by atoms with Crippen molar-refractivity contribution in [3.8, 4) is 0 Å². The molecule has 1 aliphatic heterocycles. The molecule has 1 amide bonds. The number of piperidine rings is 1. The molecule has 2 heterocycles. The van der Waals surface area contributed by atoms with E-state index in [9.17, 15) is 4.79 Å². The molecule has 2 N–H and O–H groups in total. The van der Waals surface area contributed by atoms with Crippen LogP contribution >= 0.6 is 11.3 Å². The summed E-state index contributed by atoms with van der Waals surface area (Å²) >= 11 is 1.74. The molecule has 0 spiro atoms. The van der Waals surface area contributed by atoms with E-state index in [1.165, 1.54) is 5.01 Å². The molecule has 0 saturated carbocycles. The van der Waals surface area contributed by atoms with Crippen LogP contribution in [0.15, 0.2) is 5.38 Å². The van der Waals surface area contributed by atoms with E-state index in [4.69, 9.17) is 5.73 Å². The van der Waals surface area contributed by atoms with Gasteiger partial charge in [0.2, 0.25) is 5.91 Å². The Morgan fingerprint density at radius 3 is 2.95 bits per heavy atom. The Hall–Kier alpha value is -0.940. The number of aromatic nitrogens is 1. The average Bonchev–Trinajstić information content (AvgIpc) is 2.94. The van der Waals surface area contributed by atoms with Gasteiger partial charge in [0.15, 0.2) is 0 Å². The summed E-state index contributed by atoms with van der Waals surface area (Å²) in [6.45, 7) is 7.61. The molecule has 1 saturated heterocycles. The molecule has 0 bridgehead atoms. The number of likely N-dealkylation sites (tertiary alicyclic amines) is 1. The van der Waals surface area contributed by atoms with Crippen molar-refractivity contribution in [2.24, 2.45) is 11.7 Å². The Morgan fingerprint density at radius 2 is 2.35 bits per heavy atom. The normalized spacial score (nSPS) is 22.6. The number of carbonyl (C=O) groups excluding carboxylic acids is 1. The van der Waals surface area contributed by atoms with Gasteiger partial charge in [-0.05, 0) is 26.2 Å². The summed E-state index contributed by atoms with van der Waals surface area (Å²) in [5.41, 5.74) is 7.02. The number of rotatable bonds is 4. The fourth-order valence-electron chi connectivity index (χ4n) is 2.56. The van der Waals surface area contributed by atoms with Crippen LogP contribution in [0.5, 0.6) is 0 Å². The third-order valence-corrected chi connectivity index (χ3v) is 5.25. The minimum atomic E-state index is -0.101. The molecule has 0 radical (unpaired) electrons. The molecular weight excluding hydrogens is 270 g/mol. The first-order valence-corrected chi connectivity index (χ1v) is 8.39. The molecule has 1 aromatic heterocycles. The molecule has 2 rings (SSSR count). The fourth-order valence-corrected chi connectivity index (χ4v) is 3.60. The first-order chi connectivity index (χ1) is 9.52. The molecular formula is C15H25N3OS. The highest BCUT2D eigenvalue weighted by molar-refractivity contribution is 7.09. The van der Waals surface area contributed by atoms with Crippen molar-refractivity contribution in [1.82, 2.24) is 9.88 Å². The maximum absolute atomic E-state index is 12.4. The lowest BCUT2D eigenvalue weighted by molar-refractivity contribution is -0.136. The van der Waals surface area contributed by atoms with Crippen molar-refractivity contribution in [3.05, 3.63) is 16.1 Å². The Balaban J connectivity index is 2.03. The number of hydrogen-bond donors (Lipinski definition) is 1. The molecule has 5 heteroatoms. The minimum absolute atomic E-state index is 0.0885. The van der Waals surface area contributed by atoms with E-state index in [-0.39, 0.29) is 17.9 Å². The quantitative estimate of drug-likeness (QED) is 0.928. The number of hydrogen-bond acceptors (Lipinski definition) is 4. The summed E-state index contributed by atoms with van der Waals surface area (Å²) in [6.07, 6.45) is 3.17. The first kappa shape index (κ1) is 15.4. The van der Waals surface area contributed by atoms with Gasteiger partial charge in [-0.2, -0.15) is 0 Å². The Morgan fingerprint density at radius 1 is 1.60 bits per heavy atom. The molecule has 0 aliphatic carbocycles. The van der Waals surface area contributed by atoms with Crippen LogP contribution in [0.1, 0.15) is 50.2 Å². The van der Waals surface area contributed by atoms with Crippen LogP contribution in [0, 0.1) is 5.92 Å². The van der Waals surface area contributed by atoms with Crippen molar-refractivity contribution >= 4 is 17.2 Å².